The lowest BCUT2D eigenvalue weighted by atomic mass is 9.99. The molecule has 0 N–H and O–H groups in total. The van der Waals surface area contributed by atoms with E-state index < -0.39 is 17.4 Å². The van der Waals surface area contributed by atoms with Gasteiger partial charge in [0.15, 0.2) is 5.41 Å². The summed E-state index contributed by atoms with van der Waals surface area (Å²) in [6.07, 6.45) is 0. The number of hydrogen-bond donors (Lipinski definition) is 0. The van der Waals surface area contributed by atoms with Gasteiger partial charge in [0.1, 0.15) is 0 Å². The summed E-state index contributed by atoms with van der Waals surface area (Å²) >= 11 is 0. The van der Waals surface area contributed by atoms with Crippen molar-refractivity contribution in [2.24, 2.45) is 11.3 Å². The van der Waals surface area contributed by atoms with Crippen LogP contribution in [0.1, 0.15) is 25.3 Å². The Morgan fingerprint density at radius 1 is 1.21 bits per heavy atom. The van der Waals surface area contributed by atoms with Crippen LogP contribution < -0.4 is 0 Å². The Balaban J connectivity index is 2.37. The summed E-state index contributed by atoms with van der Waals surface area (Å²) in [4.78, 5) is 24.3. The molecule has 1 aromatic rings. The van der Waals surface area contributed by atoms with Crippen LogP contribution in [0.2, 0.25) is 0 Å². The molecule has 3 unspecified atom stereocenters. The van der Waals surface area contributed by atoms with E-state index in [2.05, 4.69) is 0 Å². The molecule has 1 aliphatic rings. The third kappa shape index (κ3) is 1.91. The summed E-state index contributed by atoms with van der Waals surface area (Å²) in [5, 5.41) is 0. The molecule has 2 rings (SSSR count). The number of esters is 2. The first-order valence-corrected chi connectivity index (χ1v) is 6.41. The molecule has 3 atom stereocenters. The van der Waals surface area contributed by atoms with Gasteiger partial charge in [0.25, 0.3) is 0 Å². The minimum atomic E-state index is -1.17. The first-order valence-electron chi connectivity index (χ1n) is 6.41. The van der Waals surface area contributed by atoms with Gasteiger partial charge in [-0.3, -0.25) is 9.59 Å². The number of rotatable bonds is 4. The van der Waals surface area contributed by atoms with E-state index in [1.807, 2.05) is 37.3 Å². The highest BCUT2D eigenvalue weighted by molar-refractivity contribution is 6.05. The van der Waals surface area contributed by atoms with Gasteiger partial charge in [0.2, 0.25) is 0 Å². The molecule has 0 saturated heterocycles. The second-order valence-electron chi connectivity index (χ2n) is 4.76. The van der Waals surface area contributed by atoms with E-state index in [0.29, 0.717) is 0 Å². The van der Waals surface area contributed by atoms with E-state index in [-0.39, 0.29) is 18.4 Å². The van der Waals surface area contributed by atoms with Crippen molar-refractivity contribution in [2.45, 2.75) is 19.8 Å². The van der Waals surface area contributed by atoms with Crippen LogP contribution in [0.5, 0.6) is 0 Å². The predicted molar refractivity (Wildman–Crippen MR) is 69.4 cm³/mol. The predicted octanol–water partition coefficient (Wildman–Crippen LogP) is 2.14. The number of ether oxygens (including phenoxy) is 2. The lowest BCUT2D eigenvalue weighted by Gasteiger charge is -2.14. The molecule has 0 bridgehead atoms. The molecular weight excluding hydrogens is 244 g/mol. The zero-order valence-corrected chi connectivity index (χ0v) is 11.4. The molecule has 1 aliphatic carbocycles. The van der Waals surface area contributed by atoms with Crippen LogP contribution in [0.15, 0.2) is 30.3 Å². The average Bonchev–Trinajstić information content (AvgIpc) is 3.06. The number of carbonyl (C=O) groups excluding carboxylic acids is 2. The maximum Gasteiger partial charge on any atom is 0.324 e. The lowest BCUT2D eigenvalue weighted by molar-refractivity contribution is -0.163. The molecular formula is C15H18O4. The monoisotopic (exact) mass is 262 g/mol. The standard InChI is InChI=1S/C15H18O4/c1-4-19-14(17)15(13(16)18-3)10(2)12(15)11-8-6-5-7-9-11/h5-10,12H,4H2,1-3H3. The Morgan fingerprint density at radius 3 is 2.37 bits per heavy atom. The van der Waals surface area contributed by atoms with Gasteiger partial charge in [-0.25, -0.2) is 0 Å². The van der Waals surface area contributed by atoms with Gasteiger partial charge in [-0.05, 0) is 18.4 Å². The smallest absolute Gasteiger partial charge is 0.324 e. The molecule has 4 heteroatoms. The third-order valence-electron chi connectivity index (χ3n) is 3.89. The normalized spacial score (nSPS) is 28.6. The van der Waals surface area contributed by atoms with Crippen molar-refractivity contribution in [1.29, 1.82) is 0 Å². The highest BCUT2D eigenvalue weighted by Crippen LogP contribution is 2.65. The number of methoxy groups -OCH3 is 1. The van der Waals surface area contributed by atoms with Gasteiger partial charge in [-0.15, -0.1) is 0 Å². The number of carbonyl (C=O) groups is 2. The number of benzene rings is 1. The fraction of sp³-hybridized carbons (Fsp3) is 0.467. The molecule has 0 aromatic heterocycles. The van der Waals surface area contributed by atoms with Crippen LogP contribution >= 0.6 is 0 Å². The molecule has 0 heterocycles. The summed E-state index contributed by atoms with van der Waals surface area (Å²) < 4.78 is 9.90. The van der Waals surface area contributed by atoms with Crippen molar-refractivity contribution in [2.75, 3.05) is 13.7 Å². The van der Waals surface area contributed by atoms with Gasteiger partial charge in [0.05, 0.1) is 13.7 Å². The van der Waals surface area contributed by atoms with Crippen LogP contribution in [0.4, 0.5) is 0 Å². The van der Waals surface area contributed by atoms with Crippen molar-refractivity contribution in [3.05, 3.63) is 35.9 Å². The van der Waals surface area contributed by atoms with E-state index in [9.17, 15) is 9.59 Å². The fourth-order valence-electron chi connectivity index (χ4n) is 2.90. The molecule has 19 heavy (non-hydrogen) atoms. The molecule has 0 amide bonds. The van der Waals surface area contributed by atoms with Gasteiger partial charge < -0.3 is 9.47 Å². The Bertz CT molecular complexity index is 482. The van der Waals surface area contributed by atoms with Crippen molar-refractivity contribution < 1.29 is 19.1 Å². The van der Waals surface area contributed by atoms with Crippen LogP contribution in [0.25, 0.3) is 0 Å². The first kappa shape index (κ1) is 13.6. The summed E-state index contributed by atoms with van der Waals surface area (Å²) in [6.45, 7) is 3.87. The second-order valence-corrected chi connectivity index (χ2v) is 4.76. The van der Waals surface area contributed by atoms with Crippen molar-refractivity contribution in [3.63, 3.8) is 0 Å². The van der Waals surface area contributed by atoms with Crippen LogP contribution in [-0.4, -0.2) is 25.7 Å². The Labute approximate surface area is 112 Å². The quantitative estimate of drug-likeness (QED) is 0.616. The second kappa shape index (κ2) is 5.03. The van der Waals surface area contributed by atoms with E-state index in [1.165, 1.54) is 7.11 Å². The third-order valence-corrected chi connectivity index (χ3v) is 3.89. The van der Waals surface area contributed by atoms with Crippen molar-refractivity contribution in [3.8, 4) is 0 Å². The number of hydrogen-bond acceptors (Lipinski definition) is 4. The Hall–Kier alpha value is -1.84. The lowest BCUT2D eigenvalue weighted by Crippen LogP contribution is -2.32. The average molecular weight is 262 g/mol. The van der Waals surface area contributed by atoms with E-state index >= 15 is 0 Å². The maximum absolute atomic E-state index is 12.2. The summed E-state index contributed by atoms with van der Waals surface area (Å²) in [5.74, 6) is -1.27. The van der Waals surface area contributed by atoms with Gasteiger partial charge >= 0.3 is 11.9 Å². The highest BCUT2D eigenvalue weighted by atomic mass is 16.6. The minimum absolute atomic E-state index is 0.110. The van der Waals surface area contributed by atoms with Gasteiger partial charge in [-0.1, -0.05) is 37.3 Å². The molecule has 1 saturated carbocycles. The van der Waals surface area contributed by atoms with Gasteiger partial charge in [0, 0.05) is 5.92 Å². The summed E-state index contributed by atoms with van der Waals surface area (Å²) in [7, 11) is 1.30. The summed E-state index contributed by atoms with van der Waals surface area (Å²) in [5.41, 5.74) is -0.208. The largest absolute Gasteiger partial charge is 0.468 e. The molecule has 0 spiro atoms. The molecule has 102 valence electrons. The zero-order valence-electron chi connectivity index (χ0n) is 11.4. The fourth-order valence-corrected chi connectivity index (χ4v) is 2.90. The van der Waals surface area contributed by atoms with E-state index in [4.69, 9.17) is 9.47 Å². The Morgan fingerprint density at radius 2 is 1.84 bits per heavy atom. The Kier molecular flexibility index (Phi) is 3.60. The summed E-state index contributed by atoms with van der Waals surface area (Å²) in [6, 6.07) is 9.54. The topological polar surface area (TPSA) is 52.6 Å². The van der Waals surface area contributed by atoms with Crippen LogP contribution in [0, 0.1) is 11.3 Å². The van der Waals surface area contributed by atoms with E-state index in [1.54, 1.807) is 6.92 Å². The highest BCUT2D eigenvalue weighted by Gasteiger charge is 2.74. The minimum Gasteiger partial charge on any atom is -0.468 e. The van der Waals surface area contributed by atoms with Crippen molar-refractivity contribution >= 4 is 11.9 Å². The van der Waals surface area contributed by atoms with Gasteiger partial charge in [-0.2, -0.15) is 0 Å². The molecule has 0 radical (unpaired) electrons. The molecule has 1 fully saturated rings. The first-order chi connectivity index (χ1) is 9.10. The molecule has 1 aromatic carbocycles. The van der Waals surface area contributed by atoms with Crippen molar-refractivity contribution in [1.82, 2.24) is 0 Å². The SMILES string of the molecule is CCOC(=O)C1(C(=O)OC)C(C)C1c1ccccc1. The molecule has 4 nitrogen and oxygen atoms in total. The molecule has 0 aliphatic heterocycles. The zero-order chi connectivity index (χ0) is 14.0. The van der Waals surface area contributed by atoms with Crippen LogP contribution in [0.3, 0.4) is 0 Å². The van der Waals surface area contributed by atoms with Crippen LogP contribution in [-0.2, 0) is 19.1 Å². The van der Waals surface area contributed by atoms with E-state index in [0.717, 1.165) is 5.56 Å². The maximum atomic E-state index is 12.2.